The smallest absolute Gasteiger partial charge is 0.325 e. The van der Waals surface area contributed by atoms with Crippen molar-refractivity contribution >= 4 is 21.9 Å². The highest BCUT2D eigenvalue weighted by molar-refractivity contribution is 7.89. The van der Waals surface area contributed by atoms with Crippen molar-refractivity contribution in [2.45, 2.75) is 50.0 Å². The Morgan fingerprint density at radius 3 is 2.15 bits per heavy atom. The number of phenols is 1. The van der Waals surface area contributed by atoms with Crippen molar-refractivity contribution in [1.29, 1.82) is 0 Å². The number of sulfonamides is 1. The molecule has 0 aromatic heterocycles. The minimum absolute atomic E-state index is 0.120. The van der Waals surface area contributed by atoms with Gasteiger partial charge in [-0.2, -0.15) is 4.31 Å². The number of carbonyl (C=O) groups is 2. The normalized spacial score (nSPS) is 15.7. The quantitative estimate of drug-likeness (QED) is 0.623. The summed E-state index contributed by atoms with van der Waals surface area (Å²) in [7, 11) is -3.68. The molecule has 178 valence electrons. The van der Waals surface area contributed by atoms with Crippen LogP contribution in [0.2, 0.25) is 0 Å². The zero-order valence-electron chi connectivity index (χ0n) is 19.1. The van der Waals surface area contributed by atoms with Gasteiger partial charge in [-0.3, -0.25) is 9.59 Å². The second-order valence-corrected chi connectivity index (χ2v) is 11.0. The van der Waals surface area contributed by atoms with Crippen LogP contribution in [0.5, 0.6) is 5.75 Å². The van der Waals surface area contributed by atoms with Crippen LogP contribution in [0.1, 0.15) is 55.5 Å². The standard InChI is InChI=1S/C24H30N2O6S/c1-24(2,3)32-22(28)16-25-23(29)19-6-10-21(11-7-19)33(30,31)26-14-12-18(13-15-26)17-4-8-20(27)9-5-17/h4-11,18,27H,12-16H2,1-3H3,(H,25,29). The number of hydrogen-bond acceptors (Lipinski definition) is 6. The molecule has 9 heteroatoms. The molecule has 2 aromatic carbocycles. The molecule has 1 aliphatic heterocycles. The van der Waals surface area contributed by atoms with Crippen LogP contribution in [0.15, 0.2) is 53.4 Å². The highest BCUT2D eigenvalue weighted by Crippen LogP contribution is 2.31. The Morgan fingerprint density at radius 2 is 1.61 bits per heavy atom. The summed E-state index contributed by atoms with van der Waals surface area (Å²) < 4.78 is 32.7. The number of rotatable bonds is 6. The number of aromatic hydroxyl groups is 1. The van der Waals surface area contributed by atoms with E-state index < -0.39 is 27.5 Å². The van der Waals surface area contributed by atoms with Gasteiger partial charge in [0.2, 0.25) is 10.0 Å². The van der Waals surface area contributed by atoms with E-state index in [1.807, 2.05) is 12.1 Å². The SMILES string of the molecule is CC(C)(C)OC(=O)CNC(=O)c1ccc(S(=O)(=O)N2CCC(c3ccc(O)cc3)CC2)cc1. The fourth-order valence-electron chi connectivity index (χ4n) is 3.74. The van der Waals surface area contributed by atoms with E-state index in [-0.39, 0.29) is 28.7 Å². The van der Waals surface area contributed by atoms with Crippen LogP contribution in [0.3, 0.4) is 0 Å². The molecule has 8 nitrogen and oxygen atoms in total. The van der Waals surface area contributed by atoms with Crippen molar-refractivity contribution in [2.24, 2.45) is 0 Å². The van der Waals surface area contributed by atoms with E-state index in [0.717, 1.165) is 5.56 Å². The summed E-state index contributed by atoms with van der Waals surface area (Å²) in [5.74, 6) is -0.584. The largest absolute Gasteiger partial charge is 0.508 e. The number of nitrogens with zero attached hydrogens (tertiary/aromatic N) is 1. The highest BCUT2D eigenvalue weighted by Gasteiger charge is 2.30. The molecule has 1 aliphatic rings. The zero-order chi connectivity index (χ0) is 24.2. The summed E-state index contributed by atoms with van der Waals surface area (Å²) in [5, 5.41) is 11.9. The lowest BCUT2D eigenvalue weighted by molar-refractivity contribution is -0.153. The van der Waals surface area contributed by atoms with Crippen LogP contribution < -0.4 is 5.32 Å². The topological polar surface area (TPSA) is 113 Å². The molecule has 1 heterocycles. The third kappa shape index (κ3) is 6.55. The molecule has 0 unspecified atom stereocenters. The number of ether oxygens (including phenoxy) is 1. The van der Waals surface area contributed by atoms with E-state index >= 15 is 0 Å². The van der Waals surface area contributed by atoms with Gasteiger partial charge < -0.3 is 15.2 Å². The lowest BCUT2D eigenvalue weighted by Gasteiger charge is -2.31. The third-order valence-corrected chi connectivity index (χ3v) is 7.30. The van der Waals surface area contributed by atoms with Crippen LogP contribution in [-0.2, 0) is 19.6 Å². The number of phenolic OH excluding ortho intramolecular Hbond substituents is 1. The summed E-state index contributed by atoms with van der Waals surface area (Å²) in [4.78, 5) is 24.1. The van der Waals surface area contributed by atoms with Gasteiger partial charge in [0.25, 0.3) is 5.91 Å². The summed E-state index contributed by atoms with van der Waals surface area (Å²) in [5.41, 5.74) is 0.700. The van der Waals surface area contributed by atoms with Gasteiger partial charge in [0.05, 0.1) is 4.90 Å². The first-order valence-electron chi connectivity index (χ1n) is 10.8. The Kier molecular flexibility index (Phi) is 7.44. The molecule has 3 rings (SSSR count). The number of amides is 1. The minimum atomic E-state index is -3.68. The molecule has 0 bridgehead atoms. The molecule has 0 aliphatic carbocycles. The van der Waals surface area contributed by atoms with E-state index in [9.17, 15) is 23.1 Å². The molecule has 2 aromatic rings. The first-order chi connectivity index (χ1) is 15.5. The van der Waals surface area contributed by atoms with E-state index in [4.69, 9.17) is 4.74 Å². The van der Waals surface area contributed by atoms with Gasteiger partial charge in [0, 0.05) is 18.7 Å². The third-order valence-electron chi connectivity index (χ3n) is 5.39. The molecule has 1 saturated heterocycles. The predicted octanol–water partition coefficient (Wildman–Crippen LogP) is 3.03. The van der Waals surface area contributed by atoms with E-state index in [0.29, 0.717) is 25.9 Å². The Balaban J connectivity index is 1.58. The second kappa shape index (κ2) is 9.93. The van der Waals surface area contributed by atoms with Crippen LogP contribution in [-0.4, -0.2) is 54.9 Å². The average molecular weight is 475 g/mol. The fraction of sp³-hybridized carbons (Fsp3) is 0.417. The summed E-state index contributed by atoms with van der Waals surface area (Å²) in [6.07, 6.45) is 1.38. The second-order valence-electron chi connectivity index (χ2n) is 9.06. The number of esters is 1. The van der Waals surface area contributed by atoms with Gasteiger partial charge in [0.1, 0.15) is 17.9 Å². The van der Waals surface area contributed by atoms with Crippen LogP contribution >= 0.6 is 0 Å². The summed E-state index contributed by atoms with van der Waals surface area (Å²) >= 11 is 0. The monoisotopic (exact) mass is 474 g/mol. The Labute approximate surface area is 194 Å². The highest BCUT2D eigenvalue weighted by atomic mass is 32.2. The van der Waals surface area contributed by atoms with E-state index in [1.165, 1.54) is 28.6 Å². The molecular formula is C24H30N2O6S. The van der Waals surface area contributed by atoms with Gasteiger partial charge in [-0.05, 0) is 81.5 Å². The van der Waals surface area contributed by atoms with Gasteiger partial charge >= 0.3 is 5.97 Å². The van der Waals surface area contributed by atoms with E-state index in [2.05, 4.69) is 5.32 Å². The lowest BCUT2D eigenvalue weighted by Crippen LogP contribution is -2.38. The van der Waals surface area contributed by atoms with E-state index in [1.54, 1.807) is 32.9 Å². The summed E-state index contributed by atoms with van der Waals surface area (Å²) in [6.45, 7) is 5.73. The molecule has 0 radical (unpaired) electrons. The molecule has 0 saturated carbocycles. The lowest BCUT2D eigenvalue weighted by atomic mass is 9.90. The van der Waals surface area contributed by atoms with Gasteiger partial charge in [-0.15, -0.1) is 0 Å². The van der Waals surface area contributed by atoms with Gasteiger partial charge in [-0.1, -0.05) is 12.1 Å². The first kappa shape index (κ1) is 24.7. The van der Waals surface area contributed by atoms with Crippen molar-refractivity contribution in [2.75, 3.05) is 19.6 Å². The van der Waals surface area contributed by atoms with Crippen molar-refractivity contribution in [1.82, 2.24) is 9.62 Å². The zero-order valence-corrected chi connectivity index (χ0v) is 19.9. The Bertz CT molecular complexity index is 1080. The maximum Gasteiger partial charge on any atom is 0.325 e. The molecular weight excluding hydrogens is 444 g/mol. The molecule has 0 atom stereocenters. The molecule has 0 spiro atoms. The Hall–Kier alpha value is -2.91. The van der Waals surface area contributed by atoms with Crippen molar-refractivity contribution in [3.05, 3.63) is 59.7 Å². The van der Waals surface area contributed by atoms with Crippen LogP contribution in [0.4, 0.5) is 0 Å². The maximum absolute atomic E-state index is 13.0. The number of piperidine rings is 1. The summed E-state index contributed by atoms with van der Waals surface area (Å²) in [6, 6.07) is 12.7. The average Bonchev–Trinajstić information content (AvgIpc) is 2.77. The molecule has 1 amide bonds. The van der Waals surface area contributed by atoms with Gasteiger partial charge in [0.15, 0.2) is 0 Å². The van der Waals surface area contributed by atoms with Crippen molar-refractivity contribution in [3.8, 4) is 5.75 Å². The van der Waals surface area contributed by atoms with Crippen molar-refractivity contribution in [3.63, 3.8) is 0 Å². The molecule has 1 fully saturated rings. The van der Waals surface area contributed by atoms with Crippen LogP contribution in [0.25, 0.3) is 0 Å². The van der Waals surface area contributed by atoms with Gasteiger partial charge in [-0.25, -0.2) is 8.42 Å². The fourth-order valence-corrected chi connectivity index (χ4v) is 5.21. The minimum Gasteiger partial charge on any atom is -0.508 e. The number of carbonyl (C=O) groups excluding carboxylic acids is 2. The van der Waals surface area contributed by atoms with Crippen molar-refractivity contribution < 1.29 is 27.9 Å². The molecule has 33 heavy (non-hydrogen) atoms. The maximum atomic E-state index is 13.0. The number of hydrogen-bond donors (Lipinski definition) is 2. The molecule has 2 N–H and O–H groups in total. The predicted molar refractivity (Wildman–Crippen MR) is 123 cm³/mol. The van der Waals surface area contributed by atoms with Crippen LogP contribution in [0, 0.1) is 0 Å². The first-order valence-corrected chi connectivity index (χ1v) is 12.3. The Morgan fingerprint density at radius 1 is 1.03 bits per heavy atom. The number of benzene rings is 2. The number of nitrogens with one attached hydrogen (secondary N) is 1.